The molecule has 2 aromatic rings. The lowest BCUT2D eigenvalue weighted by Crippen LogP contribution is -1.95. The van der Waals surface area contributed by atoms with Crippen molar-refractivity contribution in [1.29, 1.82) is 0 Å². The highest BCUT2D eigenvalue weighted by Gasteiger charge is 2.23. The fraction of sp³-hybridized carbons (Fsp3) is 0.200. The summed E-state index contributed by atoms with van der Waals surface area (Å²) in [6.07, 6.45) is 2.77. The smallest absolute Gasteiger partial charge is 0.119 e. The van der Waals surface area contributed by atoms with Gasteiger partial charge in [0.15, 0.2) is 0 Å². The Balaban J connectivity index is 1.86. The third-order valence-corrected chi connectivity index (χ3v) is 3.24. The highest BCUT2D eigenvalue weighted by atomic mass is 35.5. The molecule has 0 aromatic heterocycles. The van der Waals surface area contributed by atoms with Crippen LogP contribution in [0.2, 0.25) is 5.02 Å². The van der Waals surface area contributed by atoms with E-state index in [2.05, 4.69) is 0 Å². The van der Waals surface area contributed by atoms with Crippen LogP contribution < -0.4 is 10.5 Å². The van der Waals surface area contributed by atoms with Crippen molar-refractivity contribution in [2.45, 2.75) is 18.9 Å². The summed E-state index contributed by atoms with van der Waals surface area (Å²) in [5, 5.41) is 0.657. The SMILES string of the molecule is Nc1cc(Cl)ccc1-c1ccc(OC2CC2)cc1. The zero-order valence-electron chi connectivity index (χ0n) is 9.90. The van der Waals surface area contributed by atoms with E-state index in [9.17, 15) is 0 Å². The molecule has 0 spiro atoms. The molecule has 0 aliphatic heterocycles. The summed E-state index contributed by atoms with van der Waals surface area (Å²) < 4.78 is 5.71. The van der Waals surface area contributed by atoms with Gasteiger partial charge < -0.3 is 10.5 Å². The van der Waals surface area contributed by atoms with Crippen LogP contribution in [0.3, 0.4) is 0 Å². The van der Waals surface area contributed by atoms with E-state index in [0.717, 1.165) is 16.9 Å². The average Bonchev–Trinajstić information content (AvgIpc) is 3.15. The van der Waals surface area contributed by atoms with Crippen molar-refractivity contribution in [2.24, 2.45) is 0 Å². The zero-order valence-corrected chi connectivity index (χ0v) is 10.7. The first-order chi connectivity index (χ1) is 8.72. The molecule has 0 radical (unpaired) electrons. The monoisotopic (exact) mass is 259 g/mol. The van der Waals surface area contributed by atoms with Crippen LogP contribution in [0.15, 0.2) is 42.5 Å². The molecule has 1 aliphatic carbocycles. The fourth-order valence-electron chi connectivity index (χ4n) is 1.89. The van der Waals surface area contributed by atoms with Crippen molar-refractivity contribution in [2.75, 3.05) is 5.73 Å². The summed E-state index contributed by atoms with van der Waals surface area (Å²) in [7, 11) is 0. The largest absolute Gasteiger partial charge is 0.490 e. The molecule has 2 aromatic carbocycles. The number of ether oxygens (including phenoxy) is 1. The van der Waals surface area contributed by atoms with E-state index in [1.807, 2.05) is 36.4 Å². The number of hydrogen-bond acceptors (Lipinski definition) is 2. The topological polar surface area (TPSA) is 35.2 Å². The molecule has 0 bridgehead atoms. The van der Waals surface area contributed by atoms with Crippen molar-refractivity contribution < 1.29 is 4.74 Å². The third kappa shape index (κ3) is 2.44. The molecule has 2 N–H and O–H groups in total. The van der Waals surface area contributed by atoms with Crippen LogP contribution >= 0.6 is 11.6 Å². The van der Waals surface area contributed by atoms with Crippen LogP contribution in [0.4, 0.5) is 5.69 Å². The summed E-state index contributed by atoms with van der Waals surface area (Å²) in [4.78, 5) is 0. The van der Waals surface area contributed by atoms with Gasteiger partial charge in [0.1, 0.15) is 5.75 Å². The van der Waals surface area contributed by atoms with Crippen LogP contribution in [0.25, 0.3) is 11.1 Å². The van der Waals surface area contributed by atoms with Gasteiger partial charge >= 0.3 is 0 Å². The first kappa shape index (κ1) is 11.4. The number of halogens is 1. The van der Waals surface area contributed by atoms with Crippen molar-refractivity contribution in [3.8, 4) is 16.9 Å². The van der Waals surface area contributed by atoms with E-state index in [-0.39, 0.29) is 0 Å². The maximum atomic E-state index is 5.97. The summed E-state index contributed by atoms with van der Waals surface area (Å²) >= 11 is 5.89. The van der Waals surface area contributed by atoms with Gasteiger partial charge in [0.25, 0.3) is 0 Å². The number of nitrogen functional groups attached to an aromatic ring is 1. The summed E-state index contributed by atoms with van der Waals surface area (Å²) in [6, 6.07) is 13.6. The van der Waals surface area contributed by atoms with Gasteiger partial charge in [-0.15, -0.1) is 0 Å². The van der Waals surface area contributed by atoms with E-state index in [0.29, 0.717) is 16.8 Å². The summed E-state index contributed by atoms with van der Waals surface area (Å²) in [6.45, 7) is 0. The van der Waals surface area contributed by atoms with Gasteiger partial charge in [-0.05, 0) is 42.7 Å². The Hall–Kier alpha value is -1.67. The maximum absolute atomic E-state index is 5.97. The standard InChI is InChI=1S/C15H14ClNO/c16-11-3-8-14(15(17)9-11)10-1-4-12(5-2-10)18-13-6-7-13/h1-5,8-9,13H,6-7,17H2. The molecule has 18 heavy (non-hydrogen) atoms. The lowest BCUT2D eigenvalue weighted by atomic mass is 10.0. The summed E-state index contributed by atoms with van der Waals surface area (Å²) in [5.41, 5.74) is 8.73. The number of rotatable bonds is 3. The van der Waals surface area contributed by atoms with E-state index < -0.39 is 0 Å². The molecule has 3 rings (SSSR count). The lowest BCUT2D eigenvalue weighted by molar-refractivity contribution is 0.303. The Morgan fingerprint density at radius 2 is 1.78 bits per heavy atom. The highest BCUT2D eigenvalue weighted by molar-refractivity contribution is 6.31. The van der Waals surface area contributed by atoms with Crippen molar-refractivity contribution in [1.82, 2.24) is 0 Å². The minimum Gasteiger partial charge on any atom is -0.490 e. The Kier molecular flexibility index (Phi) is 2.88. The van der Waals surface area contributed by atoms with Gasteiger partial charge in [0, 0.05) is 16.3 Å². The minimum atomic E-state index is 0.427. The zero-order chi connectivity index (χ0) is 12.5. The van der Waals surface area contributed by atoms with E-state index in [1.54, 1.807) is 6.07 Å². The first-order valence-corrected chi connectivity index (χ1v) is 6.42. The average molecular weight is 260 g/mol. The second-order valence-corrected chi connectivity index (χ2v) is 5.01. The Morgan fingerprint density at radius 1 is 1.06 bits per heavy atom. The van der Waals surface area contributed by atoms with Gasteiger partial charge in [-0.1, -0.05) is 29.8 Å². The van der Waals surface area contributed by atoms with Crippen LogP contribution in [-0.4, -0.2) is 6.10 Å². The lowest BCUT2D eigenvalue weighted by Gasteiger charge is -2.08. The second-order valence-electron chi connectivity index (χ2n) is 4.57. The molecule has 0 amide bonds. The molecule has 2 nitrogen and oxygen atoms in total. The molecule has 0 unspecified atom stereocenters. The Bertz CT molecular complexity index is 561. The molecule has 1 fully saturated rings. The van der Waals surface area contributed by atoms with Gasteiger partial charge in [0.05, 0.1) is 6.10 Å². The van der Waals surface area contributed by atoms with E-state index in [1.165, 1.54) is 12.8 Å². The van der Waals surface area contributed by atoms with Crippen LogP contribution in [0.1, 0.15) is 12.8 Å². The quantitative estimate of drug-likeness (QED) is 0.841. The summed E-state index contributed by atoms with van der Waals surface area (Å²) in [5.74, 6) is 0.925. The minimum absolute atomic E-state index is 0.427. The van der Waals surface area contributed by atoms with E-state index in [4.69, 9.17) is 22.1 Å². The van der Waals surface area contributed by atoms with Gasteiger partial charge in [-0.3, -0.25) is 0 Å². The van der Waals surface area contributed by atoms with Gasteiger partial charge in [-0.2, -0.15) is 0 Å². The fourth-order valence-corrected chi connectivity index (χ4v) is 2.07. The van der Waals surface area contributed by atoms with Crippen LogP contribution in [0.5, 0.6) is 5.75 Å². The van der Waals surface area contributed by atoms with E-state index >= 15 is 0 Å². The van der Waals surface area contributed by atoms with Gasteiger partial charge in [-0.25, -0.2) is 0 Å². The maximum Gasteiger partial charge on any atom is 0.119 e. The molecule has 1 saturated carbocycles. The molecule has 0 atom stereocenters. The molecule has 1 aliphatic rings. The number of benzene rings is 2. The molecule has 0 saturated heterocycles. The molecule has 3 heteroatoms. The third-order valence-electron chi connectivity index (χ3n) is 3.01. The normalized spacial score (nSPS) is 14.5. The van der Waals surface area contributed by atoms with Crippen molar-refractivity contribution >= 4 is 17.3 Å². The predicted molar refractivity (Wildman–Crippen MR) is 75.0 cm³/mol. The highest BCUT2D eigenvalue weighted by Crippen LogP contribution is 2.31. The van der Waals surface area contributed by atoms with Crippen molar-refractivity contribution in [3.05, 3.63) is 47.5 Å². The second kappa shape index (κ2) is 4.54. The van der Waals surface area contributed by atoms with Crippen LogP contribution in [0, 0.1) is 0 Å². The van der Waals surface area contributed by atoms with Crippen LogP contribution in [-0.2, 0) is 0 Å². The molecular weight excluding hydrogens is 246 g/mol. The Labute approximate surface area is 111 Å². The van der Waals surface area contributed by atoms with Crippen molar-refractivity contribution in [3.63, 3.8) is 0 Å². The first-order valence-electron chi connectivity index (χ1n) is 6.04. The molecule has 0 heterocycles. The van der Waals surface area contributed by atoms with Gasteiger partial charge in [0.2, 0.25) is 0 Å². The molecule has 92 valence electrons. The Morgan fingerprint density at radius 3 is 2.39 bits per heavy atom. The predicted octanol–water partition coefficient (Wildman–Crippen LogP) is 4.13. The number of nitrogens with two attached hydrogens (primary N) is 1. The molecular formula is C15H14ClNO. The number of anilines is 1. The number of hydrogen-bond donors (Lipinski definition) is 1.